The summed E-state index contributed by atoms with van der Waals surface area (Å²) in [5.41, 5.74) is 1.97. The average Bonchev–Trinajstić information content (AvgIpc) is 2.08. The van der Waals surface area contributed by atoms with E-state index in [-0.39, 0.29) is 5.78 Å². The van der Waals surface area contributed by atoms with Gasteiger partial charge in [0.05, 0.1) is 0 Å². The lowest BCUT2D eigenvalue weighted by Crippen LogP contribution is -2.01. The number of rotatable bonds is 2. The molecule has 0 saturated heterocycles. The highest BCUT2D eigenvalue weighted by Crippen LogP contribution is 2.26. The number of benzene rings is 1. The molecule has 0 fully saturated rings. The van der Waals surface area contributed by atoms with Gasteiger partial charge in [0.25, 0.3) is 0 Å². The summed E-state index contributed by atoms with van der Waals surface area (Å²) in [7, 11) is 0. The van der Waals surface area contributed by atoms with Crippen molar-refractivity contribution in [1.29, 1.82) is 0 Å². The lowest BCUT2D eigenvalue weighted by molar-refractivity contribution is -0.116. The van der Waals surface area contributed by atoms with Crippen LogP contribution in [0.2, 0.25) is 0 Å². The fraction of sp³-hybridized carbons (Fsp3) is 0.300. The molecule has 1 nitrogen and oxygen atoms in total. The van der Waals surface area contributed by atoms with Crippen LogP contribution in [-0.2, 0) is 4.79 Å². The molecule has 70 valence electrons. The zero-order chi connectivity index (χ0) is 10.0. The zero-order valence-corrected chi connectivity index (χ0v) is 9.82. The van der Waals surface area contributed by atoms with Crippen LogP contribution < -0.4 is 0 Å². The van der Waals surface area contributed by atoms with Gasteiger partial charge in [-0.2, -0.15) is 0 Å². The molecular weight excluding hydrogens is 251 g/mol. The van der Waals surface area contributed by atoms with Crippen molar-refractivity contribution in [2.24, 2.45) is 0 Å². The maximum absolute atomic E-state index is 11.0. The third-order valence-corrected chi connectivity index (χ3v) is 3.26. The van der Waals surface area contributed by atoms with Crippen molar-refractivity contribution >= 4 is 33.3 Å². The van der Waals surface area contributed by atoms with E-state index in [1.165, 1.54) is 6.92 Å². The summed E-state index contributed by atoms with van der Waals surface area (Å²) in [5, 5.41) is -0.531. The third kappa shape index (κ3) is 2.55. The summed E-state index contributed by atoms with van der Waals surface area (Å²) in [6.45, 7) is 3.48. The van der Waals surface area contributed by atoms with Crippen LogP contribution >= 0.6 is 27.5 Å². The van der Waals surface area contributed by atoms with Crippen LogP contribution in [0.5, 0.6) is 0 Å². The van der Waals surface area contributed by atoms with Gasteiger partial charge >= 0.3 is 0 Å². The summed E-state index contributed by atoms with van der Waals surface area (Å²) < 4.78 is 0.983. The number of aryl methyl sites for hydroxylation is 1. The minimum Gasteiger partial charge on any atom is -0.298 e. The highest BCUT2D eigenvalue weighted by atomic mass is 79.9. The standard InChI is InChI=1S/C10H10BrClO/c1-6-3-4-8(5-9(6)11)10(12)7(2)13/h3-5,10H,1-2H3. The van der Waals surface area contributed by atoms with Crippen LogP contribution in [0.25, 0.3) is 0 Å². The topological polar surface area (TPSA) is 17.1 Å². The van der Waals surface area contributed by atoms with E-state index in [9.17, 15) is 4.79 Å². The number of hydrogen-bond donors (Lipinski definition) is 0. The van der Waals surface area contributed by atoms with Gasteiger partial charge in [0, 0.05) is 4.47 Å². The number of Topliss-reactive ketones (excluding diaryl/α,β-unsaturated/α-hetero) is 1. The van der Waals surface area contributed by atoms with Crippen LogP contribution in [0.1, 0.15) is 23.4 Å². The number of carbonyl (C=O) groups excluding carboxylic acids is 1. The largest absolute Gasteiger partial charge is 0.298 e. The van der Waals surface area contributed by atoms with E-state index in [0.29, 0.717) is 0 Å². The van der Waals surface area contributed by atoms with Crippen molar-refractivity contribution in [3.05, 3.63) is 33.8 Å². The van der Waals surface area contributed by atoms with Crippen molar-refractivity contribution in [2.45, 2.75) is 19.2 Å². The van der Waals surface area contributed by atoms with Crippen LogP contribution in [0.4, 0.5) is 0 Å². The summed E-state index contributed by atoms with van der Waals surface area (Å²) in [5.74, 6) is -0.0302. The molecule has 1 aromatic rings. The molecule has 0 aliphatic heterocycles. The van der Waals surface area contributed by atoms with Crippen molar-refractivity contribution in [2.75, 3.05) is 0 Å². The molecule has 1 rings (SSSR count). The second-order valence-electron chi connectivity index (χ2n) is 2.98. The first-order chi connectivity index (χ1) is 6.02. The van der Waals surface area contributed by atoms with E-state index in [1.54, 1.807) is 0 Å². The summed E-state index contributed by atoms with van der Waals surface area (Å²) in [4.78, 5) is 11.0. The van der Waals surface area contributed by atoms with Gasteiger partial charge in [-0.05, 0) is 31.0 Å². The van der Waals surface area contributed by atoms with Crippen molar-refractivity contribution < 1.29 is 4.79 Å². The van der Waals surface area contributed by atoms with Gasteiger partial charge < -0.3 is 0 Å². The van der Waals surface area contributed by atoms with Gasteiger partial charge in [-0.15, -0.1) is 11.6 Å². The van der Waals surface area contributed by atoms with Crippen molar-refractivity contribution in [3.8, 4) is 0 Å². The summed E-state index contributed by atoms with van der Waals surface area (Å²) in [6, 6.07) is 5.70. The molecule has 1 aromatic carbocycles. The van der Waals surface area contributed by atoms with Gasteiger partial charge in [-0.25, -0.2) is 0 Å². The lowest BCUT2D eigenvalue weighted by Gasteiger charge is -2.07. The Kier molecular flexibility index (Phi) is 3.51. The first-order valence-corrected chi connectivity index (χ1v) is 5.16. The lowest BCUT2D eigenvalue weighted by atomic mass is 10.1. The molecule has 0 N–H and O–H groups in total. The predicted molar refractivity (Wildman–Crippen MR) is 58.2 cm³/mol. The number of carbonyl (C=O) groups is 1. The second-order valence-corrected chi connectivity index (χ2v) is 4.27. The molecule has 13 heavy (non-hydrogen) atoms. The maximum atomic E-state index is 11.0. The Morgan fingerprint density at radius 3 is 2.62 bits per heavy atom. The highest BCUT2D eigenvalue weighted by Gasteiger charge is 2.13. The second kappa shape index (κ2) is 4.25. The number of hydrogen-bond acceptors (Lipinski definition) is 1. The molecular formula is C10H10BrClO. The molecule has 0 heterocycles. The van der Waals surface area contributed by atoms with Gasteiger partial charge in [-0.1, -0.05) is 28.1 Å². The van der Waals surface area contributed by atoms with Crippen molar-refractivity contribution in [3.63, 3.8) is 0 Å². The van der Waals surface area contributed by atoms with E-state index in [0.717, 1.165) is 15.6 Å². The molecule has 3 heteroatoms. The van der Waals surface area contributed by atoms with E-state index in [1.807, 2.05) is 25.1 Å². The van der Waals surface area contributed by atoms with Gasteiger partial charge in [0.15, 0.2) is 5.78 Å². The summed E-state index contributed by atoms with van der Waals surface area (Å²) in [6.07, 6.45) is 0. The normalized spacial score (nSPS) is 12.6. The van der Waals surface area contributed by atoms with Gasteiger partial charge in [-0.3, -0.25) is 4.79 Å². The first-order valence-electron chi connectivity index (χ1n) is 3.93. The Hall–Kier alpha value is -0.340. The van der Waals surface area contributed by atoms with Crippen LogP contribution in [-0.4, -0.2) is 5.78 Å². The SMILES string of the molecule is CC(=O)C(Cl)c1ccc(C)c(Br)c1. The molecule has 0 aliphatic rings. The zero-order valence-electron chi connectivity index (χ0n) is 7.47. The van der Waals surface area contributed by atoms with E-state index in [4.69, 9.17) is 11.6 Å². The molecule has 0 aliphatic carbocycles. The number of alkyl halides is 1. The van der Waals surface area contributed by atoms with Crippen LogP contribution in [0.15, 0.2) is 22.7 Å². The molecule has 1 unspecified atom stereocenters. The predicted octanol–water partition coefficient (Wildman–Crippen LogP) is 3.63. The van der Waals surface area contributed by atoms with Gasteiger partial charge in [0.1, 0.15) is 5.38 Å². The Balaban J connectivity index is 3.03. The number of halogens is 2. The minimum absolute atomic E-state index is 0.0302. The monoisotopic (exact) mass is 260 g/mol. The quantitative estimate of drug-likeness (QED) is 0.743. The molecule has 0 spiro atoms. The smallest absolute Gasteiger partial charge is 0.152 e. The fourth-order valence-corrected chi connectivity index (χ4v) is 1.53. The van der Waals surface area contributed by atoms with Crippen LogP contribution in [0, 0.1) is 6.92 Å². The Bertz CT molecular complexity index is 336. The van der Waals surface area contributed by atoms with E-state index >= 15 is 0 Å². The maximum Gasteiger partial charge on any atom is 0.152 e. The first kappa shape index (κ1) is 10.7. The molecule has 0 aromatic heterocycles. The molecule has 0 radical (unpaired) electrons. The highest BCUT2D eigenvalue weighted by molar-refractivity contribution is 9.10. The van der Waals surface area contributed by atoms with Crippen LogP contribution in [0.3, 0.4) is 0 Å². The van der Waals surface area contributed by atoms with E-state index in [2.05, 4.69) is 15.9 Å². The Labute approximate surface area is 91.2 Å². The van der Waals surface area contributed by atoms with Gasteiger partial charge in [0.2, 0.25) is 0 Å². The number of ketones is 1. The summed E-state index contributed by atoms with van der Waals surface area (Å²) >= 11 is 9.29. The Morgan fingerprint density at radius 1 is 1.54 bits per heavy atom. The molecule has 0 saturated carbocycles. The Morgan fingerprint density at radius 2 is 2.15 bits per heavy atom. The minimum atomic E-state index is -0.531. The third-order valence-electron chi connectivity index (χ3n) is 1.85. The van der Waals surface area contributed by atoms with Crippen molar-refractivity contribution in [1.82, 2.24) is 0 Å². The average molecular weight is 262 g/mol. The molecule has 0 bridgehead atoms. The fourth-order valence-electron chi connectivity index (χ4n) is 1.00. The molecule has 0 amide bonds. The van der Waals surface area contributed by atoms with E-state index < -0.39 is 5.38 Å². The molecule has 1 atom stereocenters.